The SMILES string of the molecule is CC1CC(C)CN(C(=O)c2ccc(-c3nc[nH]n3)cc2)C1. The van der Waals surface area contributed by atoms with Crippen LogP contribution in [0.3, 0.4) is 0 Å². The van der Waals surface area contributed by atoms with Crippen LogP contribution in [0.25, 0.3) is 11.4 Å². The lowest BCUT2D eigenvalue weighted by Gasteiger charge is -2.35. The Morgan fingerprint density at radius 3 is 2.43 bits per heavy atom. The Hall–Kier alpha value is -2.17. The Morgan fingerprint density at radius 2 is 1.86 bits per heavy atom. The number of nitrogens with one attached hydrogen (secondary N) is 1. The maximum absolute atomic E-state index is 12.6. The van der Waals surface area contributed by atoms with Gasteiger partial charge in [-0.15, -0.1) is 0 Å². The molecule has 1 aromatic heterocycles. The van der Waals surface area contributed by atoms with Crippen molar-refractivity contribution in [2.24, 2.45) is 11.8 Å². The number of H-pyrrole nitrogens is 1. The summed E-state index contributed by atoms with van der Waals surface area (Å²) in [6, 6.07) is 7.51. The summed E-state index contributed by atoms with van der Waals surface area (Å²) >= 11 is 0. The molecule has 1 N–H and O–H groups in total. The fraction of sp³-hybridized carbons (Fsp3) is 0.438. The minimum Gasteiger partial charge on any atom is -0.338 e. The van der Waals surface area contributed by atoms with Crippen LogP contribution in [-0.2, 0) is 0 Å². The lowest BCUT2D eigenvalue weighted by Crippen LogP contribution is -2.42. The predicted octanol–water partition coefficient (Wildman–Crippen LogP) is 2.59. The van der Waals surface area contributed by atoms with E-state index in [-0.39, 0.29) is 5.91 Å². The van der Waals surface area contributed by atoms with Crippen LogP contribution in [0.2, 0.25) is 0 Å². The monoisotopic (exact) mass is 284 g/mol. The van der Waals surface area contributed by atoms with E-state index in [2.05, 4.69) is 29.0 Å². The van der Waals surface area contributed by atoms with E-state index >= 15 is 0 Å². The van der Waals surface area contributed by atoms with E-state index in [0.717, 1.165) is 24.2 Å². The van der Waals surface area contributed by atoms with Gasteiger partial charge in [-0.2, -0.15) is 5.10 Å². The highest BCUT2D eigenvalue weighted by Crippen LogP contribution is 2.23. The topological polar surface area (TPSA) is 61.9 Å². The van der Waals surface area contributed by atoms with Gasteiger partial charge in [0.2, 0.25) is 0 Å². The molecule has 0 radical (unpaired) electrons. The minimum absolute atomic E-state index is 0.120. The van der Waals surface area contributed by atoms with Gasteiger partial charge >= 0.3 is 0 Å². The Bertz CT molecular complexity index is 596. The van der Waals surface area contributed by atoms with E-state index < -0.39 is 0 Å². The molecule has 0 spiro atoms. The molecular formula is C16H20N4O. The molecule has 1 aliphatic rings. The van der Waals surface area contributed by atoms with Crippen LogP contribution in [0.5, 0.6) is 0 Å². The van der Waals surface area contributed by atoms with Gasteiger partial charge in [-0.25, -0.2) is 4.98 Å². The lowest BCUT2D eigenvalue weighted by atomic mass is 9.91. The molecule has 2 heterocycles. The van der Waals surface area contributed by atoms with Crippen LogP contribution in [0.15, 0.2) is 30.6 Å². The Morgan fingerprint density at radius 1 is 1.19 bits per heavy atom. The third kappa shape index (κ3) is 2.96. The molecule has 0 saturated carbocycles. The number of hydrogen-bond acceptors (Lipinski definition) is 3. The standard InChI is InChI=1S/C16H20N4O/c1-11-7-12(2)9-20(8-11)16(21)14-5-3-13(4-6-14)15-17-10-18-19-15/h3-6,10-12H,7-9H2,1-2H3,(H,17,18,19). The number of hydrogen-bond donors (Lipinski definition) is 1. The van der Waals surface area contributed by atoms with Crippen LogP contribution >= 0.6 is 0 Å². The van der Waals surface area contributed by atoms with Crippen molar-refractivity contribution in [1.29, 1.82) is 0 Å². The molecule has 5 nitrogen and oxygen atoms in total. The minimum atomic E-state index is 0.120. The summed E-state index contributed by atoms with van der Waals surface area (Å²) in [5, 5.41) is 6.73. The zero-order chi connectivity index (χ0) is 14.8. The molecular weight excluding hydrogens is 264 g/mol. The summed E-state index contributed by atoms with van der Waals surface area (Å²) < 4.78 is 0. The second kappa shape index (κ2) is 5.68. The van der Waals surface area contributed by atoms with Gasteiger partial charge in [0.05, 0.1) is 0 Å². The zero-order valence-electron chi connectivity index (χ0n) is 12.4. The van der Waals surface area contributed by atoms with Crippen molar-refractivity contribution in [1.82, 2.24) is 20.1 Å². The van der Waals surface area contributed by atoms with Gasteiger partial charge in [-0.05, 0) is 30.4 Å². The molecule has 2 aromatic rings. The number of carbonyl (C=O) groups excluding carboxylic acids is 1. The van der Waals surface area contributed by atoms with E-state index in [0.29, 0.717) is 17.7 Å². The summed E-state index contributed by atoms with van der Waals surface area (Å²) in [6.45, 7) is 6.13. The number of carbonyl (C=O) groups is 1. The average Bonchev–Trinajstić information content (AvgIpc) is 3.00. The van der Waals surface area contributed by atoms with Crippen molar-refractivity contribution in [3.8, 4) is 11.4 Å². The molecule has 1 aromatic carbocycles. The number of likely N-dealkylation sites (tertiary alicyclic amines) is 1. The van der Waals surface area contributed by atoms with Gasteiger partial charge in [0.25, 0.3) is 5.91 Å². The first-order valence-corrected chi connectivity index (χ1v) is 7.39. The number of aromatic nitrogens is 3. The first-order chi connectivity index (χ1) is 10.1. The lowest BCUT2D eigenvalue weighted by molar-refractivity contribution is 0.0623. The molecule has 0 bridgehead atoms. The molecule has 1 aliphatic heterocycles. The normalized spacial score (nSPS) is 22.3. The van der Waals surface area contributed by atoms with Crippen molar-refractivity contribution in [3.63, 3.8) is 0 Å². The summed E-state index contributed by atoms with van der Waals surface area (Å²) in [6.07, 6.45) is 2.75. The van der Waals surface area contributed by atoms with E-state index in [1.807, 2.05) is 29.2 Å². The molecule has 1 amide bonds. The Kier molecular flexibility index (Phi) is 3.73. The number of amides is 1. The van der Waals surface area contributed by atoms with Crippen LogP contribution in [-0.4, -0.2) is 39.1 Å². The maximum Gasteiger partial charge on any atom is 0.253 e. The quantitative estimate of drug-likeness (QED) is 0.922. The number of nitrogens with zero attached hydrogens (tertiary/aromatic N) is 3. The van der Waals surface area contributed by atoms with Crippen molar-refractivity contribution in [3.05, 3.63) is 36.2 Å². The van der Waals surface area contributed by atoms with Gasteiger partial charge in [-0.3, -0.25) is 9.89 Å². The average molecular weight is 284 g/mol. The summed E-state index contributed by atoms with van der Waals surface area (Å²) in [7, 11) is 0. The summed E-state index contributed by atoms with van der Waals surface area (Å²) in [4.78, 5) is 18.7. The van der Waals surface area contributed by atoms with Gasteiger partial charge in [0.15, 0.2) is 5.82 Å². The fourth-order valence-corrected chi connectivity index (χ4v) is 3.12. The first kappa shape index (κ1) is 13.8. The van der Waals surface area contributed by atoms with Crippen LogP contribution in [0.4, 0.5) is 0 Å². The smallest absolute Gasteiger partial charge is 0.253 e. The number of rotatable bonds is 2. The molecule has 21 heavy (non-hydrogen) atoms. The third-order valence-electron chi connectivity index (χ3n) is 3.96. The van der Waals surface area contributed by atoms with Crippen molar-refractivity contribution in [2.75, 3.05) is 13.1 Å². The van der Waals surface area contributed by atoms with Crippen LogP contribution in [0, 0.1) is 11.8 Å². The van der Waals surface area contributed by atoms with Gasteiger partial charge in [0.1, 0.15) is 6.33 Å². The van der Waals surface area contributed by atoms with Crippen molar-refractivity contribution in [2.45, 2.75) is 20.3 Å². The van der Waals surface area contributed by atoms with Crippen LogP contribution < -0.4 is 0 Å². The van der Waals surface area contributed by atoms with Gasteiger partial charge in [-0.1, -0.05) is 26.0 Å². The molecule has 3 rings (SSSR count). The van der Waals surface area contributed by atoms with Gasteiger partial charge < -0.3 is 4.90 Å². The highest BCUT2D eigenvalue weighted by atomic mass is 16.2. The second-order valence-electron chi connectivity index (χ2n) is 6.06. The molecule has 5 heteroatoms. The summed E-state index contributed by atoms with van der Waals surface area (Å²) in [5.41, 5.74) is 1.64. The Balaban J connectivity index is 1.76. The number of aromatic amines is 1. The summed E-state index contributed by atoms with van der Waals surface area (Å²) in [5.74, 6) is 1.92. The third-order valence-corrected chi connectivity index (χ3v) is 3.96. The van der Waals surface area contributed by atoms with Crippen molar-refractivity contribution < 1.29 is 4.79 Å². The highest BCUT2D eigenvalue weighted by Gasteiger charge is 2.26. The van der Waals surface area contributed by atoms with E-state index in [4.69, 9.17) is 0 Å². The molecule has 2 atom stereocenters. The van der Waals surface area contributed by atoms with E-state index in [9.17, 15) is 4.79 Å². The first-order valence-electron chi connectivity index (χ1n) is 7.39. The predicted molar refractivity (Wildman–Crippen MR) is 80.7 cm³/mol. The van der Waals surface area contributed by atoms with E-state index in [1.165, 1.54) is 6.42 Å². The highest BCUT2D eigenvalue weighted by molar-refractivity contribution is 5.94. The molecule has 1 saturated heterocycles. The molecule has 110 valence electrons. The molecule has 1 fully saturated rings. The van der Waals surface area contributed by atoms with Crippen LogP contribution in [0.1, 0.15) is 30.6 Å². The fourth-order valence-electron chi connectivity index (χ4n) is 3.12. The zero-order valence-corrected chi connectivity index (χ0v) is 12.4. The largest absolute Gasteiger partial charge is 0.338 e. The molecule has 0 aliphatic carbocycles. The van der Waals surface area contributed by atoms with E-state index in [1.54, 1.807) is 6.33 Å². The second-order valence-corrected chi connectivity index (χ2v) is 6.06. The molecule has 2 unspecified atom stereocenters. The van der Waals surface area contributed by atoms with Gasteiger partial charge in [0, 0.05) is 24.2 Å². The number of piperidine rings is 1. The Labute approximate surface area is 124 Å². The maximum atomic E-state index is 12.6. The van der Waals surface area contributed by atoms with Crippen molar-refractivity contribution >= 4 is 5.91 Å². The number of benzene rings is 1.